The van der Waals surface area contributed by atoms with Crippen molar-refractivity contribution >= 4 is 11.6 Å². The Labute approximate surface area is 130 Å². The molecule has 1 N–H and O–H groups in total. The first-order valence-corrected chi connectivity index (χ1v) is 6.78. The minimum absolute atomic E-state index is 0.0738. The van der Waals surface area contributed by atoms with Gasteiger partial charge in [0, 0.05) is 11.8 Å². The number of rotatable bonds is 3. The summed E-state index contributed by atoms with van der Waals surface area (Å²) in [5.41, 5.74) is 1.99. The number of nitrogens with one attached hydrogen (secondary N) is 1. The van der Waals surface area contributed by atoms with Crippen molar-refractivity contribution < 1.29 is 13.6 Å². The van der Waals surface area contributed by atoms with Crippen LogP contribution in [0.15, 0.2) is 48.8 Å². The molecule has 0 radical (unpaired) electrons. The van der Waals surface area contributed by atoms with E-state index in [9.17, 15) is 13.6 Å². The summed E-state index contributed by atoms with van der Waals surface area (Å²) in [6, 6.07) is 10.6. The number of nitrogens with zero attached hydrogens (tertiary/aromatic N) is 3. The SMILES string of the molecule is Cc1ccc(-n2cnc(C(=O)Nc3ccc(F)c(F)c3)n2)cc1. The fourth-order valence-electron chi connectivity index (χ4n) is 1.95. The first-order valence-electron chi connectivity index (χ1n) is 6.78. The van der Waals surface area contributed by atoms with Crippen LogP contribution in [0.25, 0.3) is 5.69 Å². The lowest BCUT2D eigenvalue weighted by Gasteiger charge is -2.03. The molecule has 0 aliphatic rings. The van der Waals surface area contributed by atoms with E-state index in [-0.39, 0.29) is 11.5 Å². The van der Waals surface area contributed by atoms with Crippen molar-refractivity contribution in [2.75, 3.05) is 5.32 Å². The van der Waals surface area contributed by atoms with Gasteiger partial charge in [0.15, 0.2) is 11.6 Å². The van der Waals surface area contributed by atoms with Gasteiger partial charge in [-0.2, -0.15) is 0 Å². The normalized spacial score (nSPS) is 10.6. The Morgan fingerprint density at radius 1 is 1.09 bits per heavy atom. The van der Waals surface area contributed by atoms with E-state index in [1.54, 1.807) is 0 Å². The van der Waals surface area contributed by atoms with Crippen molar-refractivity contribution in [2.24, 2.45) is 0 Å². The highest BCUT2D eigenvalue weighted by molar-refractivity contribution is 6.01. The predicted molar refractivity (Wildman–Crippen MR) is 80.4 cm³/mol. The summed E-state index contributed by atoms with van der Waals surface area (Å²) in [5.74, 6) is -2.71. The Morgan fingerprint density at radius 2 is 1.83 bits per heavy atom. The molecule has 0 saturated carbocycles. The minimum atomic E-state index is -1.04. The first kappa shape index (κ1) is 14.8. The number of carbonyl (C=O) groups excluding carboxylic acids is 1. The average molecular weight is 314 g/mol. The molecule has 1 aromatic heterocycles. The average Bonchev–Trinajstić information content (AvgIpc) is 3.02. The fraction of sp³-hybridized carbons (Fsp3) is 0.0625. The zero-order valence-corrected chi connectivity index (χ0v) is 12.1. The van der Waals surface area contributed by atoms with Crippen LogP contribution >= 0.6 is 0 Å². The van der Waals surface area contributed by atoms with Crippen molar-refractivity contribution in [3.63, 3.8) is 0 Å². The van der Waals surface area contributed by atoms with Crippen LogP contribution in [-0.4, -0.2) is 20.7 Å². The molecule has 0 atom stereocenters. The molecule has 7 heteroatoms. The standard InChI is InChI=1S/C16H12F2N4O/c1-10-2-5-12(6-3-10)22-9-19-15(21-22)16(23)20-11-4-7-13(17)14(18)8-11/h2-9H,1H3,(H,20,23). The quantitative estimate of drug-likeness (QED) is 0.808. The second kappa shape index (κ2) is 5.96. The topological polar surface area (TPSA) is 59.8 Å². The summed E-state index contributed by atoms with van der Waals surface area (Å²) in [4.78, 5) is 16.0. The molecule has 0 fully saturated rings. The molecule has 0 aliphatic carbocycles. The third-order valence-corrected chi connectivity index (χ3v) is 3.17. The van der Waals surface area contributed by atoms with Crippen LogP contribution in [0.5, 0.6) is 0 Å². The summed E-state index contributed by atoms with van der Waals surface area (Å²) in [6.45, 7) is 1.96. The molecule has 5 nitrogen and oxygen atoms in total. The van der Waals surface area contributed by atoms with Gasteiger partial charge < -0.3 is 5.32 Å². The maximum absolute atomic E-state index is 13.1. The molecule has 0 spiro atoms. The van der Waals surface area contributed by atoms with Gasteiger partial charge in [0.1, 0.15) is 6.33 Å². The molecule has 0 aliphatic heterocycles. The minimum Gasteiger partial charge on any atom is -0.319 e. The number of anilines is 1. The van der Waals surface area contributed by atoms with Crippen molar-refractivity contribution in [1.82, 2.24) is 14.8 Å². The molecule has 23 heavy (non-hydrogen) atoms. The van der Waals surface area contributed by atoms with Crippen molar-refractivity contribution in [3.05, 3.63) is 71.8 Å². The van der Waals surface area contributed by atoms with Gasteiger partial charge in [-0.3, -0.25) is 4.79 Å². The van der Waals surface area contributed by atoms with E-state index in [0.717, 1.165) is 23.4 Å². The van der Waals surface area contributed by atoms with Gasteiger partial charge >= 0.3 is 0 Å². The monoisotopic (exact) mass is 314 g/mol. The van der Waals surface area contributed by atoms with Crippen LogP contribution < -0.4 is 5.32 Å². The number of carbonyl (C=O) groups is 1. The van der Waals surface area contributed by atoms with Crippen LogP contribution in [-0.2, 0) is 0 Å². The molecule has 1 amide bonds. The molecule has 0 unspecified atom stereocenters. The van der Waals surface area contributed by atoms with E-state index in [4.69, 9.17) is 0 Å². The summed E-state index contributed by atoms with van der Waals surface area (Å²) in [6.07, 6.45) is 1.41. The molecule has 2 aromatic carbocycles. The summed E-state index contributed by atoms with van der Waals surface area (Å²) >= 11 is 0. The Morgan fingerprint density at radius 3 is 2.52 bits per heavy atom. The van der Waals surface area contributed by atoms with Gasteiger partial charge in [-0.25, -0.2) is 18.4 Å². The number of hydrogen-bond donors (Lipinski definition) is 1. The molecule has 116 valence electrons. The van der Waals surface area contributed by atoms with E-state index in [2.05, 4.69) is 15.4 Å². The lowest BCUT2D eigenvalue weighted by Crippen LogP contribution is -2.14. The summed E-state index contributed by atoms with van der Waals surface area (Å²) in [5, 5.41) is 6.49. The van der Waals surface area contributed by atoms with E-state index < -0.39 is 17.5 Å². The van der Waals surface area contributed by atoms with Crippen molar-refractivity contribution in [2.45, 2.75) is 6.92 Å². The maximum Gasteiger partial charge on any atom is 0.295 e. The van der Waals surface area contributed by atoms with Crippen molar-refractivity contribution in [3.8, 4) is 5.69 Å². The molecule has 3 rings (SSSR count). The van der Waals surface area contributed by atoms with Crippen LogP contribution in [0, 0.1) is 18.6 Å². The Balaban J connectivity index is 1.78. The first-order chi connectivity index (χ1) is 11.0. The number of aryl methyl sites for hydroxylation is 1. The highest BCUT2D eigenvalue weighted by atomic mass is 19.2. The van der Waals surface area contributed by atoms with E-state index >= 15 is 0 Å². The Kier molecular flexibility index (Phi) is 3.84. The van der Waals surface area contributed by atoms with Gasteiger partial charge in [0.2, 0.25) is 5.82 Å². The maximum atomic E-state index is 13.1. The number of benzene rings is 2. The zero-order valence-electron chi connectivity index (χ0n) is 12.1. The van der Waals surface area contributed by atoms with Gasteiger partial charge in [0.25, 0.3) is 5.91 Å². The molecule has 1 heterocycles. The van der Waals surface area contributed by atoms with Crippen LogP contribution in [0.3, 0.4) is 0 Å². The molecular weight excluding hydrogens is 302 g/mol. The van der Waals surface area contributed by atoms with E-state index in [0.29, 0.717) is 0 Å². The Bertz CT molecular complexity index is 859. The van der Waals surface area contributed by atoms with Crippen LogP contribution in [0.1, 0.15) is 16.2 Å². The molecule has 0 saturated heterocycles. The molecular formula is C16H12F2N4O. The van der Waals surface area contributed by atoms with Gasteiger partial charge in [-0.1, -0.05) is 17.7 Å². The third-order valence-electron chi connectivity index (χ3n) is 3.17. The lowest BCUT2D eigenvalue weighted by molar-refractivity contribution is 0.101. The lowest BCUT2D eigenvalue weighted by atomic mass is 10.2. The number of hydrogen-bond acceptors (Lipinski definition) is 3. The van der Waals surface area contributed by atoms with Crippen LogP contribution in [0.4, 0.5) is 14.5 Å². The fourth-order valence-corrected chi connectivity index (χ4v) is 1.95. The summed E-state index contributed by atoms with van der Waals surface area (Å²) in [7, 11) is 0. The number of halogens is 2. The van der Waals surface area contributed by atoms with E-state index in [1.165, 1.54) is 17.1 Å². The second-order valence-corrected chi connectivity index (χ2v) is 4.93. The van der Waals surface area contributed by atoms with Gasteiger partial charge in [-0.15, -0.1) is 5.10 Å². The van der Waals surface area contributed by atoms with E-state index in [1.807, 2.05) is 31.2 Å². The third kappa shape index (κ3) is 3.23. The zero-order chi connectivity index (χ0) is 16.4. The Hall–Kier alpha value is -3.09. The highest BCUT2D eigenvalue weighted by Gasteiger charge is 2.13. The number of aromatic nitrogens is 3. The van der Waals surface area contributed by atoms with Gasteiger partial charge in [0.05, 0.1) is 5.69 Å². The number of amides is 1. The molecule has 0 bridgehead atoms. The van der Waals surface area contributed by atoms with Gasteiger partial charge in [-0.05, 0) is 31.2 Å². The second-order valence-electron chi connectivity index (χ2n) is 4.93. The van der Waals surface area contributed by atoms with Crippen LogP contribution in [0.2, 0.25) is 0 Å². The highest BCUT2D eigenvalue weighted by Crippen LogP contribution is 2.14. The predicted octanol–water partition coefficient (Wildman–Crippen LogP) is 3.11. The van der Waals surface area contributed by atoms with Crippen molar-refractivity contribution in [1.29, 1.82) is 0 Å². The molecule has 3 aromatic rings. The summed E-state index contributed by atoms with van der Waals surface area (Å²) < 4.78 is 27.4. The largest absolute Gasteiger partial charge is 0.319 e. The smallest absolute Gasteiger partial charge is 0.295 e.